The van der Waals surface area contributed by atoms with Crippen molar-refractivity contribution in [1.29, 1.82) is 0 Å². The minimum atomic E-state index is -0.342. The van der Waals surface area contributed by atoms with Crippen molar-refractivity contribution in [3.8, 4) is 11.6 Å². The van der Waals surface area contributed by atoms with Gasteiger partial charge in [-0.2, -0.15) is 0 Å². The molecule has 0 aliphatic carbocycles. The lowest BCUT2D eigenvalue weighted by Gasteiger charge is -2.09. The number of amides is 1. The fraction of sp³-hybridized carbons (Fsp3) is 0.208. The van der Waals surface area contributed by atoms with E-state index in [1.807, 2.05) is 12.1 Å². The summed E-state index contributed by atoms with van der Waals surface area (Å²) in [7, 11) is 1.65. The van der Waals surface area contributed by atoms with Crippen LogP contribution < -0.4 is 15.4 Å². The molecule has 33 heavy (non-hydrogen) atoms. The molecule has 9 heteroatoms. The van der Waals surface area contributed by atoms with E-state index >= 15 is 0 Å². The Hall–Kier alpha value is -3.82. The maximum Gasteiger partial charge on any atom is 0.330 e. The quantitative estimate of drug-likeness (QED) is 0.385. The molecule has 0 atom stereocenters. The van der Waals surface area contributed by atoms with Crippen LogP contribution >= 0.6 is 0 Å². The Labute approximate surface area is 190 Å². The Morgan fingerprint density at radius 1 is 1.12 bits per heavy atom. The zero-order valence-electron chi connectivity index (χ0n) is 18.3. The topological polar surface area (TPSA) is 90.3 Å². The van der Waals surface area contributed by atoms with Crippen molar-refractivity contribution in [2.45, 2.75) is 13.5 Å². The van der Waals surface area contributed by atoms with E-state index in [0.29, 0.717) is 41.5 Å². The second kappa shape index (κ2) is 10.2. The van der Waals surface area contributed by atoms with E-state index in [9.17, 15) is 9.18 Å². The molecule has 1 amide bonds. The van der Waals surface area contributed by atoms with Gasteiger partial charge in [0.05, 0.1) is 17.8 Å². The average molecular weight is 449 g/mol. The van der Waals surface area contributed by atoms with Crippen molar-refractivity contribution < 1.29 is 18.7 Å². The van der Waals surface area contributed by atoms with E-state index in [2.05, 4.69) is 20.6 Å². The van der Waals surface area contributed by atoms with Crippen LogP contribution in [0.1, 0.15) is 11.3 Å². The fourth-order valence-corrected chi connectivity index (χ4v) is 3.31. The number of rotatable bonds is 8. The van der Waals surface area contributed by atoms with Gasteiger partial charge in [-0.05, 0) is 55.0 Å². The second-order valence-electron chi connectivity index (χ2n) is 7.42. The maximum absolute atomic E-state index is 13.5. The predicted molar refractivity (Wildman–Crippen MR) is 123 cm³/mol. The number of hydrogen-bond donors (Lipinski definition) is 2. The monoisotopic (exact) mass is 449 g/mol. The van der Waals surface area contributed by atoms with Gasteiger partial charge in [0, 0.05) is 43.5 Å². The molecule has 4 aromatic rings. The Morgan fingerprint density at radius 2 is 2.00 bits per heavy atom. The summed E-state index contributed by atoms with van der Waals surface area (Å²) in [5.41, 5.74) is 2.50. The summed E-state index contributed by atoms with van der Waals surface area (Å²) in [6.07, 6.45) is 3.13. The van der Waals surface area contributed by atoms with Crippen molar-refractivity contribution in [3.05, 3.63) is 78.1 Å². The van der Waals surface area contributed by atoms with Gasteiger partial charge in [-0.15, -0.1) is 0 Å². The van der Waals surface area contributed by atoms with Gasteiger partial charge in [-0.25, -0.2) is 19.2 Å². The molecule has 170 valence electrons. The number of ether oxygens (including phenoxy) is 2. The molecule has 0 bridgehead atoms. The largest absolute Gasteiger partial charge is 0.439 e. The molecule has 0 fully saturated rings. The van der Waals surface area contributed by atoms with Crippen LogP contribution in [0.3, 0.4) is 0 Å². The Bertz CT molecular complexity index is 1270. The number of aryl methyl sites for hydroxylation is 1. The highest BCUT2D eigenvalue weighted by molar-refractivity contribution is 5.98. The van der Waals surface area contributed by atoms with Crippen LogP contribution in [0.15, 0.2) is 61.1 Å². The van der Waals surface area contributed by atoms with Crippen LogP contribution in [0.5, 0.6) is 11.6 Å². The summed E-state index contributed by atoms with van der Waals surface area (Å²) >= 11 is 0. The number of nitrogens with zero attached hydrogens (tertiary/aromatic N) is 3. The highest BCUT2D eigenvalue weighted by atomic mass is 19.1. The summed E-state index contributed by atoms with van der Waals surface area (Å²) in [5, 5.41) is 6.84. The van der Waals surface area contributed by atoms with E-state index in [1.165, 1.54) is 23.0 Å². The highest BCUT2D eigenvalue weighted by Gasteiger charge is 2.11. The molecule has 0 aliphatic heterocycles. The highest BCUT2D eigenvalue weighted by Crippen LogP contribution is 2.26. The van der Waals surface area contributed by atoms with Gasteiger partial charge in [-0.1, -0.05) is 0 Å². The van der Waals surface area contributed by atoms with E-state index < -0.39 is 0 Å². The zero-order chi connectivity index (χ0) is 23.2. The second-order valence-corrected chi connectivity index (χ2v) is 7.42. The van der Waals surface area contributed by atoms with Gasteiger partial charge in [0.25, 0.3) is 0 Å². The molecular weight excluding hydrogens is 425 g/mol. The van der Waals surface area contributed by atoms with Crippen LogP contribution in [0.25, 0.3) is 10.9 Å². The third-order valence-electron chi connectivity index (χ3n) is 5.00. The number of nitrogens with one attached hydrogen (secondary N) is 2. The molecule has 0 unspecified atom stereocenters. The minimum absolute atomic E-state index is 0.315. The molecule has 4 rings (SSSR count). The molecule has 2 heterocycles. The van der Waals surface area contributed by atoms with Crippen LogP contribution in [0.2, 0.25) is 0 Å². The molecule has 2 aromatic carbocycles. The zero-order valence-corrected chi connectivity index (χ0v) is 18.3. The van der Waals surface area contributed by atoms with E-state index in [0.717, 1.165) is 17.6 Å². The summed E-state index contributed by atoms with van der Waals surface area (Å²) in [5.74, 6) is 0.702. The van der Waals surface area contributed by atoms with Crippen molar-refractivity contribution in [2.24, 2.45) is 0 Å². The molecular formula is C24H24FN5O3. The molecule has 0 radical (unpaired) electrons. The van der Waals surface area contributed by atoms with Crippen LogP contribution in [0, 0.1) is 12.7 Å². The SMILES string of the molecule is COCCNCc1cc(Oc2ccc3c(ccn3C(=O)Nc3ccc(F)c(C)c3)c2)ncn1. The van der Waals surface area contributed by atoms with Gasteiger partial charge in [0.2, 0.25) is 5.88 Å². The van der Waals surface area contributed by atoms with Crippen molar-refractivity contribution in [2.75, 3.05) is 25.6 Å². The van der Waals surface area contributed by atoms with E-state index in [1.54, 1.807) is 44.5 Å². The smallest absolute Gasteiger partial charge is 0.330 e. The Morgan fingerprint density at radius 3 is 2.82 bits per heavy atom. The molecule has 0 aliphatic rings. The lowest BCUT2D eigenvalue weighted by molar-refractivity contribution is 0.199. The standard InChI is InChI=1S/C24H24FN5O3/c1-16-11-18(3-5-21(16)25)29-24(31)30-9-7-17-12-20(4-6-22(17)30)33-23-13-19(27-15-28-23)14-26-8-10-32-2/h3-7,9,11-13,15,26H,8,10,14H2,1-2H3,(H,29,31). The van der Waals surface area contributed by atoms with E-state index in [4.69, 9.17) is 9.47 Å². The molecule has 2 aromatic heterocycles. The van der Waals surface area contributed by atoms with Gasteiger partial charge < -0.3 is 20.1 Å². The maximum atomic E-state index is 13.5. The summed E-state index contributed by atoms with van der Waals surface area (Å²) in [6, 6.07) is 13.1. The first-order valence-corrected chi connectivity index (χ1v) is 10.4. The van der Waals surface area contributed by atoms with E-state index in [-0.39, 0.29) is 11.8 Å². The molecule has 0 spiro atoms. The first-order chi connectivity index (χ1) is 16.0. The molecule has 8 nitrogen and oxygen atoms in total. The summed E-state index contributed by atoms with van der Waals surface area (Å²) < 4.78 is 25.9. The van der Waals surface area contributed by atoms with Crippen molar-refractivity contribution >= 4 is 22.6 Å². The number of methoxy groups -OCH3 is 1. The van der Waals surface area contributed by atoms with Crippen molar-refractivity contribution in [1.82, 2.24) is 19.9 Å². The average Bonchev–Trinajstić information content (AvgIpc) is 3.23. The number of benzene rings is 2. The lowest BCUT2D eigenvalue weighted by atomic mass is 10.2. The first-order valence-electron chi connectivity index (χ1n) is 10.4. The first kappa shape index (κ1) is 22.4. The summed E-state index contributed by atoms with van der Waals surface area (Å²) in [6.45, 7) is 3.57. The van der Waals surface area contributed by atoms with Gasteiger partial charge in [0.15, 0.2) is 0 Å². The number of halogens is 1. The number of aromatic nitrogens is 3. The van der Waals surface area contributed by atoms with Gasteiger partial charge >= 0.3 is 6.03 Å². The van der Waals surface area contributed by atoms with Crippen LogP contribution in [-0.4, -0.2) is 40.8 Å². The third-order valence-corrected chi connectivity index (χ3v) is 5.00. The fourth-order valence-electron chi connectivity index (χ4n) is 3.31. The third kappa shape index (κ3) is 5.51. The Kier molecular flexibility index (Phi) is 6.92. The normalized spacial score (nSPS) is 11.0. The molecule has 0 saturated carbocycles. The van der Waals surface area contributed by atoms with Crippen LogP contribution in [0.4, 0.5) is 14.9 Å². The Balaban J connectivity index is 1.45. The number of hydrogen-bond acceptors (Lipinski definition) is 6. The lowest BCUT2D eigenvalue weighted by Crippen LogP contribution is -2.19. The minimum Gasteiger partial charge on any atom is -0.439 e. The number of carbonyl (C=O) groups is 1. The van der Waals surface area contributed by atoms with Gasteiger partial charge in [-0.3, -0.25) is 4.57 Å². The number of anilines is 1. The predicted octanol–water partition coefficient (Wildman–Crippen LogP) is 4.49. The number of fused-ring (bicyclic) bond motifs is 1. The molecule has 2 N–H and O–H groups in total. The van der Waals surface area contributed by atoms with Crippen molar-refractivity contribution in [3.63, 3.8) is 0 Å². The number of carbonyl (C=O) groups excluding carboxylic acids is 1. The molecule has 0 saturated heterocycles. The van der Waals surface area contributed by atoms with Crippen LogP contribution in [-0.2, 0) is 11.3 Å². The summed E-state index contributed by atoms with van der Waals surface area (Å²) in [4.78, 5) is 21.1. The van der Waals surface area contributed by atoms with Gasteiger partial charge in [0.1, 0.15) is 17.9 Å².